The van der Waals surface area contributed by atoms with Crippen LogP contribution in [0.2, 0.25) is 0 Å². The number of nitrogens with zero attached hydrogens (tertiary/aromatic N) is 1. The highest BCUT2D eigenvalue weighted by atomic mass is 32.2. The third-order valence-corrected chi connectivity index (χ3v) is 8.92. The lowest BCUT2D eigenvalue weighted by Crippen LogP contribution is -2.49. The SMILES string of the molecule is CC(C)(C)S(=O)(=O)c1ccnc(C23CC4CC(CC(C4)C2)C3)c1. The fourth-order valence-corrected chi connectivity index (χ4v) is 6.86. The molecule has 3 nitrogen and oxygen atoms in total. The van der Waals surface area contributed by atoms with E-state index in [0.717, 1.165) is 23.4 Å². The molecule has 1 aromatic rings. The molecule has 1 heterocycles. The van der Waals surface area contributed by atoms with Crippen molar-refractivity contribution in [3.8, 4) is 0 Å². The van der Waals surface area contributed by atoms with E-state index in [1.807, 2.05) is 6.07 Å². The monoisotopic (exact) mass is 333 g/mol. The molecule has 0 atom stereocenters. The van der Waals surface area contributed by atoms with E-state index in [2.05, 4.69) is 4.98 Å². The van der Waals surface area contributed by atoms with Crippen LogP contribution in [0.1, 0.15) is 65.0 Å². The summed E-state index contributed by atoms with van der Waals surface area (Å²) < 4.78 is 24.8. The fraction of sp³-hybridized carbons (Fsp3) is 0.737. The molecule has 0 amide bonds. The maximum Gasteiger partial charge on any atom is 0.183 e. The van der Waals surface area contributed by atoms with Crippen LogP contribution in [0.3, 0.4) is 0 Å². The zero-order valence-corrected chi connectivity index (χ0v) is 15.2. The van der Waals surface area contributed by atoms with E-state index in [-0.39, 0.29) is 5.41 Å². The molecule has 4 bridgehead atoms. The summed E-state index contributed by atoms with van der Waals surface area (Å²) in [6.45, 7) is 5.31. The zero-order chi connectivity index (χ0) is 16.5. The van der Waals surface area contributed by atoms with E-state index < -0.39 is 14.6 Å². The van der Waals surface area contributed by atoms with Crippen LogP contribution in [0.25, 0.3) is 0 Å². The van der Waals surface area contributed by atoms with Gasteiger partial charge in [-0.25, -0.2) is 8.42 Å². The minimum Gasteiger partial charge on any atom is -0.261 e. The van der Waals surface area contributed by atoms with E-state index in [1.54, 1.807) is 33.0 Å². The van der Waals surface area contributed by atoms with Crippen LogP contribution in [0.4, 0.5) is 0 Å². The molecular weight excluding hydrogens is 306 g/mol. The minimum atomic E-state index is -3.31. The molecule has 126 valence electrons. The lowest BCUT2D eigenvalue weighted by molar-refractivity contribution is -0.00731. The predicted octanol–water partition coefficient (Wildman–Crippen LogP) is 4.12. The maximum atomic E-state index is 12.8. The second-order valence-corrected chi connectivity index (χ2v) is 11.9. The molecule has 4 aliphatic rings. The number of pyridine rings is 1. The summed E-state index contributed by atoms with van der Waals surface area (Å²) in [4.78, 5) is 5.11. The molecule has 4 aliphatic carbocycles. The lowest BCUT2D eigenvalue weighted by Gasteiger charge is -2.56. The summed E-state index contributed by atoms with van der Waals surface area (Å²) in [5, 5.41) is 0. The van der Waals surface area contributed by atoms with E-state index in [0.29, 0.717) is 4.90 Å². The molecular formula is C19H27NO2S. The van der Waals surface area contributed by atoms with Gasteiger partial charge < -0.3 is 0 Å². The van der Waals surface area contributed by atoms with Gasteiger partial charge in [0.2, 0.25) is 0 Å². The first-order valence-electron chi connectivity index (χ1n) is 8.91. The first kappa shape index (κ1) is 15.6. The Bertz CT molecular complexity index is 695. The van der Waals surface area contributed by atoms with Crippen LogP contribution in [0.15, 0.2) is 23.2 Å². The zero-order valence-electron chi connectivity index (χ0n) is 14.4. The summed E-state index contributed by atoms with van der Waals surface area (Å²) in [5.74, 6) is 2.52. The quantitative estimate of drug-likeness (QED) is 0.818. The Kier molecular flexibility index (Phi) is 3.27. The van der Waals surface area contributed by atoms with Gasteiger partial charge in [-0.3, -0.25) is 4.98 Å². The van der Waals surface area contributed by atoms with Gasteiger partial charge in [-0.15, -0.1) is 0 Å². The smallest absolute Gasteiger partial charge is 0.183 e. The highest BCUT2D eigenvalue weighted by molar-refractivity contribution is 7.92. The van der Waals surface area contributed by atoms with Crippen molar-refractivity contribution < 1.29 is 8.42 Å². The normalized spacial score (nSPS) is 36.4. The minimum absolute atomic E-state index is 0.151. The van der Waals surface area contributed by atoms with Crippen molar-refractivity contribution >= 4 is 9.84 Å². The molecule has 0 N–H and O–H groups in total. The van der Waals surface area contributed by atoms with E-state index >= 15 is 0 Å². The second kappa shape index (κ2) is 4.81. The van der Waals surface area contributed by atoms with Crippen molar-refractivity contribution in [2.24, 2.45) is 17.8 Å². The molecule has 0 aromatic carbocycles. The molecule has 0 unspecified atom stereocenters. The molecule has 23 heavy (non-hydrogen) atoms. The van der Waals surface area contributed by atoms with Gasteiger partial charge in [0.1, 0.15) is 0 Å². The molecule has 4 fully saturated rings. The largest absolute Gasteiger partial charge is 0.261 e. The van der Waals surface area contributed by atoms with Crippen LogP contribution in [0, 0.1) is 17.8 Å². The fourth-order valence-electron chi connectivity index (χ4n) is 5.65. The average molecular weight is 333 g/mol. The third kappa shape index (κ3) is 2.36. The van der Waals surface area contributed by atoms with Gasteiger partial charge >= 0.3 is 0 Å². The first-order chi connectivity index (χ1) is 10.7. The van der Waals surface area contributed by atoms with Gasteiger partial charge in [0.05, 0.1) is 9.64 Å². The Balaban J connectivity index is 1.75. The molecule has 0 saturated heterocycles. The second-order valence-electron chi connectivity index (χ2n) is 9.19. The van der Waals surface area contributed by atoms with E-state index in [1.165, 1.54) is 38.5 Å². The first-order valence-corrected chi connectivity index (χ1v) is 10.4. The van der Waals surface area contributed by atoms with Gasteiger partial charge in [-0.1, -0.05) is 0 Å². The van der Waals surface area contributed by atoms with Crippen molar-refractivity contribution in [1.82, 2.24) is 4.98 Å². The van der Waals surface area contributed by atoms with Crippen molar-refractivity contribution in [2.45, 2.75) is 74.4 Å². The predicted molar refractivity (Wildman–Crippen MR) is 91.0 cm³/mol. The maximum absolute atomic E-state index is 12.8. The third-order valence-electron chi connectivity index (χ3n) is 6.43. The highest BCUT2D eigenvalue weighted by Gasteiger charge is 2.52. The van der Waals surface area contributed by atoms with Gasteiger partial charge in [0.25, 0.3) is 0 Å². The topological polar surface area (TPSA) is 47.0 Å². The van der Waals surface area contributed by atoms with Crippen molar-refractivity contribution in [3.63, 3.8) is 0 Å². The number of aromatic nitrogens is 1. The summed E-state index contributed by atoms with van der Waals surface area (Å²) in [7, 11) is -3.31. The Morgan fingerprint density at radius 1 is 1.04 bits per heavy atom. The Labute approximate surface area is 139 Å². The van der Waals surface area contributed by atoms with Gasteiger partial charge in [-0.2, -0.15) is 0 Å². The average Bonchev–Trinajstić information content (AvgIpc) is 2.45. The Hall–Kier alpha value is -0.900. The highest BCUT2D eigenvalue weighted by Crippen LogP contribution is 2.60. The molecule has 0 aliphatic heterocycles. The van der Waals surface area contributed by atoms with Crippen LogP contribution in [-0.4, -0.2) is 18.1 Å². The van der Waals surface area contributed by atoms with Crippen LogP contribution in [-0.2, 0) is 15.3 Å². The summed E-state index contributed by atoms with van der Waals surface area (Å²) in [6.07, 6.45) is 9.52. The number of sulfone groups is 1. The number of hydrogen-bond acceptors (Lipinski definition) is 3. The van der Waals surface area contributed by atoms with Crippen LogP contribution in [0.5, 0.6) is 0 Å². The number of hydrogen-bond donors (Lipinski definition) is 0. The van der Waals surface area contributed by atoms with E-state index in [4.69, 9.17) is 0 Å². The van der Waals surface area contributed by atoms with Gasteiger partial charge in [0.15, 0.2) is 9.84 Å². The van der Waals surface area contributed by atoms with Crippen molar-refractivity contribution in [3.05, 3.63) is 24.0 Å². The van der Waals surface area contributed by atoms with Crippen molar-refractivity contribution in [1.29, 1.82) is 0 Å². The van der Waals surface area contributed by atoms with Crippen LogP contribution >= 0.6 is 0 Å². The van der Waals surface area contributed by atoms with Gasteiger partial charge in [-0.05, 0) is 89.2 Å². The lowest BCUT2D eigenvalue weighted by atomic mass is 9.49. The molecule has 0 radical (unpaired) electrons. The summed E-state index contributed by atoms with van der Waals surface area (Å²) >= 11 is 0. The molecule has 5 rings (SSSR count). The molecule has 4 saturated carbocycles. The Morgan fingerprint density at radius 2 is 1.57 bits per heavy atom. The van der Waals surface area contributed by atoms with Crippen LogP contribution < -0.4 is 0 Å². The van der Waals surface area contributed by atoms with Gasteiger partial charge in [0, 0.05) is 17.3 Å². The molecule has 4 heteroatoms. The Morgan fingerprint density at radius 3 is 2.04 bits per heavy atom. The molecule has 0 spiro atoms. The number of rotatable bonds is 2. The van der Waals surface area contributed by atoms with Crippen molar-refractivity contribution in [2.75, 3.05) is 0 Å². The summed E-state index contributed by atoms with van der Waals surface area (Å²) in [6, 6.07) is 3.57. The molecule has 1 aromatic heterocycles. The standard InChI is InChI=1S/C19H27NO2S/c1-18(2,3)23(21,22)16-4-5-20-17(9-16)19-10-13-6-14(11-19)8-15(7-13)12-19/h4-5,9,13-15H,6-8,10-12H2,1-3H3. The summed E-state index contributed by atoms with van der Waals surface area (Å²) in [5.41, 5.74) is 1.19. The van der Waals surface area contributed by atoms with E-state index in [9.17, 15) is 8.42 Å².